The molecule has 19 heavy (non-hydrogen) atoms. The highest BCUT2D eigenvalue weighted by Crippen LogP contribution is 2.29. The van der Waals surface area contributed by atoms with Gasteiger partial charge < -0.3 is 5.43 Å². The van der Waals surface area contributed by atoms with Crippen LogP contribution in [0.15, 0.2) is 16.5 Å². The van der Waals surface area contributed by atoms with E-state index in [9.17, 15) is 0 Å². The van der Waals surface area contributed by atoms with Crippen LogP contribution in [0.5, 0.6) is 0 Å². The number of hydrogen-bond donors (Lipinski definition) is 2. The average molecular weight is 279 g/mol. The predicted molar refractivity (Wildman–Crippen MR) is 73.7 cm³/mol. The molecule has 0 atom stereocenters. The van der Waals surface area contributed by atoms with Gasteiger partial charge in [-0.2, -0.15) is 5.10 Å². The number of anilines is 1. The molecule has 0 spiro atoms. The van der Waals surface area contributed by atoms with E-state index < -0.39 is 0 Å². The number of nitrogens with one attached hydrogen (secondary N) is 1. The highest BCUT2D eigenvalue weighted by atomic mass is 32.2. The van der Waals surface area contributed by atoms with Crippen LogP contribution in [0.4, 0.5) is 5.82 Å². The summed E-state index contributed by atoms with van der Waals surface area (Å²) >= 11 is 1.46. The van der Waals surface area contributed by atoms with Gasteiger partial charge in [0.25, 0.3) is 0 Å². The van der Waals surface area contributed by atoms with E-state index in [0.717, 1.165) is 34.4 Å². The number of nitrogen functional groups attached to an aromatic ring is 1. The molecule has 0 fully saturated rings. The van der Waals surface area contributed by atoms with E-state index in [0.29, 0.717) is 5.82 Å². The van der Waals surface area contributed by atoms with Gasteiger partial charge in [-0.25, -0.2) is 25.5 Å². The van der Waals surface area contributed by atoms with Crippen LogP contribution in [0.3, 0.4) is 0 Å². The third-order valence-electron chi connectivity index (χ3n) is 2.62. The number of aromatic nitrogens is 5. The summed E-state index contributed by atoms with van der Waals surface area (Å²) < 4.78 is 1.71. The summed E-state index contributed by atoms with van der Waals surface area (Å²) in [6, 6.07) is 0. The van der Waals surface area contributed by atoms with Crippen LogP contribution in [0.1, 0.15) is 24.7 Å². The normalized spacial score (nSPS) is 10.7. The molecule has 0 saturated heterocycles. The Morgan fingerprint density at radius 2 is 2.21 bits per heavy atom. The van der Waals surface area contributed by atoms with Gasteiger partial charge in [0.15, 0.2) is 5.16 Å². The second-order valence-corrected chi connectivity index (χ2v) is 5.04. The molecule has 0 radical (unpaired) electrons. The molecular weight excluding hydrogens is 262 g/mol. The van der Waals surface area contributed by atoms with E-state index in [-0.39, 0.29) is 0 Å². The molecule has 0 saturated carbocycles. The number of hydrazine groups is 1. The fourth-order valence-electron chi connectivity index (χ4n) is 1.58. The van der Waals surface area contributed by atoms with E-state index in [1.165, 1.54) is 18.1 Å². The molecule has 102 valence electrons. The Bertz CT molecular complexity index is 566. The molecule has 0 aliphatic carbocycles. The minimum atomic E-state index is 0.656. The average Bonchev–Trinajstić information content (AvgIpc) is 2.79. The van der Waals surface area contributed by atoms with Gasteiger partial charge in [0.05, 0.1) is 0 Å². The quantitative estimate of drug-likeness (QED) is 0.484. The first kappa shape index (κ1) is 13.8. The fraction of sp³-hybridized carbons (Fsp3) is 0.455. The summed E-state index contributed by atoms with van der Waals surface area (Å²) in [6.07, 6.45) is 3.33. The summed E-state index contributed by atoms with van der Waals surface area (Å²) in [5.74, 6) is 6.94. The van der Waals surface area contributed by atoms with Crippen molar-refractivity contribution in [2.24, 2.45) is 12.9 Å². The molecule has 0 aliphatic heterocycles. The number of aryl methyl sites for hydroxylation is 2. The Morgan fingerprint density at radius 1 is 1.42 bits per heavy atom. The lowest BCUT2D eigenvalue weighted by Gasteiger charge is -2.10. The van der Waals surface area contributed by atoms with E-state index >= 15 is 0 Å². The first-order valence-corrected chi connectivity index (χ1v) is 6.83. The minimum absolute atomic E-state index is 0.656. The second-order valence-electron chi connectivity index (χ2n) is 4.08. The van der Waals surface area contributed by atoms with Crippen molar-refractivity contribution >= 4 is 17.6 Å². The van der Waals surface area contributed by atoms with Gasteiger partial charge in [0.1, 0.15) is 23.0 Å². The van der Waals surface area contributed by atoms with Gasteiger partial charge in [-0.3, -0.25) is 0 Å². The van der Waals surface area contributed by atoms with Gasteiger partial charge in [0, 0.05) is 19.0 Å². The topological polar surface area (TPSA) is 94.5 Å². The largest absolute Gasteiger partial charge is 0.308 e. The van der Waals surface area contributed by atoms with Crippen LogP contribution >= 0.6 is 11.8 Å². The Labute approximate surface area is 116 Å². The van der Waals surface area contributed by atoms with E-state index in [2.05, 4.69) is 32.4 Å². The molecule has 0 unspecified atom stereocenters. The van der Waals surface area contributed by atoms with E-state index in [4.69, 9.17) is 5.84 Å². The smallest absolute Gasteiger partial charge is 0.192 e. The zero-order valence-electron chi connectivity index (χ0n) is 11.2. The SMILES string of the molecule is CCCc1nc(NN)c(C)c(Sc2ncnn2C)n1. The lowest BCUT2D eigenvalue weighted by Crippen LogP contribution is -2.13. The first-order valence-electron chi connectivity index (χ1n) is 6.01. The molecule has 0 aromatic carbocycles. The van der Waals surface area contributed by atoms with Crippen molar-refractivity contribution in [1.29, 1.82) is 0 Å². The van der Waals surface area contributed by atoms with Gasteiger partial charge in [0.2, 0.25) is 0 Å². The van der Waals surface area contributed by atoms with Crippen molar-refractivity contribution in [3.8, 4) is 0 Å². The zero-order valence-corrected chi connectivity index (χ0v) is 12.0. The number of hydrogen-bond acceptors (Lipinski definition) is 7. The fourth-order valence-corrected chi connectivity index (χ4v) is 2.43. The number of rotatable bonds is 5. The van der Waals surface area contributed by atoms with Crippen LogP contribution in [-0.4, -0.2) is 24.7 Å². The summed E-state index contributed by atoms with van der Waals surface area (Å²) in [5, 5.41) is 5.68. The van der Waals surface area contributed by atoms with Crippen LogP contribution in [0.25, 0.3) is 0 Å². The highest BCUT2D eigenvalue weighted by Gasteiger charge is 2.13. The van der Waals surface area contributed by atoms with E-state index in [1.807, 2.05) is 14.0 Å². The van der Waals surface area contributed by atoms with Crippen LogP contribution < -0.4 is 11.3 Å². The Balaban J connectivity index is 2.37. The third kappa shape index (κ3) is 3.02. The Morgan fingerprint density at radius 3 is 2.79 bits per heavy atom. The first-order chi connectivity index (χ1) is 9.15. The van der Waals surface area contributed by atoms with Crippen molar-refractivity contribution in [1.82, 2.24) is 24.7 Å². The number of nitrogens with zero attached hydrogens (tertiary/aromatic N) is 5. The molecular formula is C11H17N7S. The predicted octanol–water partition coefficient (Wildman–Crippen LogP) is 1.30. The lowest BCUT2D eigenvalue weighted by molar-refractivity contribution is 0.683. The number of nitrogens with two attached hydrogens (primary N) is 1. The molecule has 2 rings (SSSR count). The van der Waals surface area contributed by atoms with Crippen LogP contribution in [-0.2, 0) is 13.5 Å². The van der Waals surface area contributed by atoms with Crippen molar-refractivity contribution in [3.63, 3.8) is 0 Å². The maximum atomic E-state index is 5.51. The summed E-state index contributed by atoms with van der Waals surface area (Å²) in [7, 11) is 1.85. The van der Waals surface area contributed by atoms with Crippen molar-refractivity contribution in [2.45, 2.75) is 36.9 Å². The van der Waals surface area contributed by atoms with Gasteiger partial charge in [-0.05, 0) is 25.1 Å². The monoisotopic (exact) mass is 279 g/mol. The van der Waals surface area contributed by atoms with Crippen molar-refractivity contribution < 1.29 is 0 Å². The summed E-state index contributed by atoms with van der Waals surface area (Å²) in [6.45, 7) is 4.03. The molecule has 3 N–H and O–H groups in total. The molecule has 8 heteroatoms. The molecule has 2 aromatic rings. The molecule has 0 amide bonds. The van der Waals surface area contributed by atoms with Crippen LogP contribution in [0, 0.1) is 6.92 Å². The summed E-state index contributed by atoms with van der Waals surface area (Å²) in [5.41, 5.74) is 3.53. The Kier molecular flexibility index (Phi) is 4.33. The zero-order chi connectivity index (χ0) is 13.8. The van der Waals surface area contributed by atoms with Crippen molar-refractivity contribution in [3.05, 3.63) is 17.7 Å². The molecule has 0 aliphatic rings. The molecule has 2 aromatic heterocycles. The van der Waals surface area contributed by atoms with E-state index in [1.54, 1.807) is 4.68 Å². The lowest BCUT2D eigenvalue weighted by atomic mass is 10.3. The third-order valence-corrected chi connectivity index (χ3v) is 3.76. The second kappa shape index (κ2) is 5.98. The van der Waals surface area contributed by atoms with Gasteiger partial charge in [-0.1, -0.05) is 6.92 Å². The maximum absolute atomic E-state index is 5.51. The minimum Gasteiger partial charge on any atom is -0.308 e. The Hall–Kier alpha value is -1.67. The standard InChI is InChI=1S/C11H17N7S/c1-4-5-8-15-9(17-12)7(2)10(16-8)19-11-13-6-14-18(11)3/h6H,4-5,12H2,1-3H3,(H,15,16,17). The molecule has 0 bridgehead atoms. The molecule has 7 nitrogen and oxygen atoms in total. The summed E-state index contributed by atoms with van der Waals surface area (Å²) in [4.78, 5) is 13.1. The maximum Gasteiger partial charge on any atom is 0.192 e. The van der Waals surface area contributed by atoms with Crippen LogP contribution in [0.2, 0.25) is 0 Å². The van der Waals surface area contributed by atoms with Crippen molar-refractivity contribution in [2.75, 3.05) is 5.43 Å². The van der Waals surface area contributed by atoms with Gasteiger partial charge >= 0.3 is 0 Å². The van der Waals surface area contributed by atoms with Gasteiger partial charge in [-0.15, -0.1) is 0 Å². The molecule has 2 heterocycles. The highest BCUT2D eigenvalue weighted by molar-refractivity contribution is 7.99.